The molecule has 2 N–H and O–H groups in total. The van der Waals surface area contributed by atoms with Gasteiger partial charge < -0.3 is 25.2 Å². The van der Waals surface area contributed by atoms with Gasteiger partial charge in [0.2, 0.25) is 0 Å². The Hall–Kier alpha value is -4.78. The van der Waals surface area contributed by atoms with Gasteiger partial charge in [-0.1, -0.05) is 0 Å². The molecule has 0 bridgehead atoms. The lowest BCUT2D eigenvalue weighted by atomic mass is 10.2. The van der Waals surface area contributed by atoms with E-state index in [1.165, 1.54) is 0 Å². The Labute approximate surface area is 217 Å². The van der Waals surface area contributed by atoms with Crippen molar-refractivity contribution in [3.05, 3.63) is 108 Å². The fourth-order valence-corrected chi connectivity index (χ4v) is 3.58. The maximum Gasteiger partial charge on any atom is 0.255 e. The number of amides is 2. The van der Waals surface area contributed by atoms with Crippen molar-refractivity contribution < 1.29 is 14.3 Å². The second-order valence-electron chi connectivity index (χ2n) is 8.94. The minimum atomic E-state index is -0.176. The van der Waals surface area contributed by atoms with Crippen LogP contribution in [0, 0.1) is 0 Å². The summed E-state index contributed by atoms with van der Waals surface area (Å²) in [7, 11) is 7.82. The average Bonchev–Trinajstić information content (AvgIpc) is 2.91. The quantitative estimate of drug-likeness (QED) is 0.309. The highest BCUT2D eigenvalue weighted by molar-refractivity contribution is 6.05. The van der Waals surface area contributed by atoms with Crippen molar-refractivity contribution in [2.24, 2.45) is 0 Å². The molecule has 7 nitrogen and oxygen atoms in total. The molecule has 0 aromatic heterocycles. The van der Waals surface area contributed by atoms with E-state index in [-0.39, 0.29) is 11.8 Å². The van der Waals surface area contributed by atoms with Gasteiger partial charge in [-0.15, -0.1) is 0 Å². The SMILES string of the molecule is CN(C)c1ccc(C(=O)Nc2ccc(Oc3ccc(NC(=O)c4ccc(N(C)C)cc4)cc3)cc2)cc1. The van der Waals surface area contributed by atoms with Crippen molar-refractivity contribution in [1.82, 2.24) is 0 Å². The second-order valence-corrected chi connectivity index (χ2v) is 8.94. The maximum atomic E-state index is 12.5. The molecule has 0 aliphatic carbocycles. The zero-order chi connectivity index (χ0) is 26.4. The lowest BCUT2D eigenvalue weighted by Gasteiger charge is -2.13. The molecular weight excluding hydrogens is 464 g/mol. The normalized spacial score (nSPS) is 10.4. The Morgan fingerprint density at radius 2 is 0.838 bits per heavy atom. The van der Waals surface area contributed by atoms with Crippen LogP contribution in [0.15, 0.2) is 97.1 Å². The molecule has 188 valence electrons. The van der Waals surface area contributed by atoms with Crippen LogP contribution in [0.5, 0.6) is 11.5 Å². The van der Waals surface area contributed by atoms with Crippen LogP contribution in [-0.4, -0.2) is 40.0 Å². The molecule has 37 heavy (non-hydrogen) atoms. The smallest absolute Gasteiger partial charge is 0.255 e. The van der Waals surface area contributed by atoms with Crippen LogP contribution < -0.4 is 25.2 Å². The molecule has 2 amide bonds. The number of carbonyl (C=O) groups excluding carboxylic acids is 2. The third kappa shape index (κ3) is 6.67. The van der Waals surface area contributed by atoms with E-state index in [2.05, 4.69) is 10.6 Å². The van der Waals surface area contributed by atoms with Gasteiger partial charge in [-0.25, -0.2) is 0 Å². The van der Waals surface area contributed by atoms with Crippen LogP contribution in [0.4, 0.5) is 22.7 Å². The maximum absolute atomic E-state index is 12.5. The molecular formula is C30H30N4O3. The lowest BCUT2D eigenvalue weighted by molar-refractivity contribution is 0.101. The van der Waals surface area contributed by atoms with Crippen LogP contribution >= 0.6 is 0 Å². The van der Waals surface area contributed by atoms with Gasteiger partial charge in [0.1, 0.15) is 11.5 Å². The molecule has 0 saturated heterocycles. The predicted molar refractivity (Wildman–Crippen MR) is 150 cm³/mol. The van der Waals surface area contributed by atoms with Gasteiger partial charge in [0.05, 0.1) is 0 Å². The summed E-state index contributed by atoms with van der Waals surface area (Å²) in [5, 5.41) is 5.79. The van der Waals surface area contributed by atoms with Crippen molar-refractivity contribution in [1.29, 1.82) is 0 Å². The fraction of sp³-hybridized carbons (Fsp3) is 0.133. The Morgan fingerprint density at radius 3 is 1.14 bits per heavy atom. The molecule has 4 aromatic carbocycles. The standard InChI is InChI=1S/C30H30N4O3/c1-33(2)25-13-5-21(6-14-25)29(35)31-23-9-17-27(18-10-23)37-28-19-11-24(12-20-28)32-30(36)22-7-15-26(16-8-22)34(3)4/h5-20H,1-4H3,(H,31,35)(H,32,36). The number of hydrogen-bond acceptors (Lipinski definition) is 5. The minimum absolute atomic E-state index is 0.176. The first-order valence-electron chi connectivity index (χ1n) is 11.8. The second kappa shape index (κ2) is 11.3. The number of carbonyl (C=O) groups is 2. The predicted octanol–water partition coefficient (Wildman–Crippen LogP) is 6.12. The van der Waals surface area contributed by atoms with E-state index >= 15 is 0 Å². The van der Waals surface area contributed by atoms with Crippen LogP contribution in [-0.2, 0) is 0 Å². The monoisotopic (exact) mass is 494 g/mol. The van der Waals surface area contributed by atoms with E-state index in [9.17, 15) is 9.59 Å². The van der Waals surface area contributed by atoms with Crippen LogP contribution in [0.2, 0.25) is 0 Å². The van der Waals surface area contributed by atoms with Gasteiger partial charge in [0.15, 0.2) is 0 Å². The summed E-state index contributed by atoms with van der Waals surface area (Å²) in [6.45, 7) is 0. The number of rotatable bonds is 8. The first-order chi connectivity index (χ1) is 17.8. The van der Waals surface area contributed by atoms with E-state index in [0.717, 1.165) is 11.4 Å². The first-order valence-corrected chi connectivity index (χ1v) is 11.8. The number of ether oxygens (including phenoxy) is 1. The molecule has 0 unspecified atom stereocenters. The molecule has 4 rings (SSSR count). The van der Waals surface area contributed by atoms with Crippen molar-refractivity contribution >= 4 is 34.6 Å². The Balaban J connectivity index is 1.31. The highest BCUT2D eigenvalue weighted by atomic mass is 16.5. The van der Waals surface area contributed by atoms with E-state index in [4.69, 9.17) is 4.74 Å². The van der Waals surface area contributed by atoms with Crippen LogP contribution in [0.3, 0.4) is 0 Å². The molecule has 0 heterocycles. The topological polar surface area (TPSA) is 73.9 Å². The third-order valence-electron chi connectivity index (χ3n) is 5.75. The summed E-state index contributed by atoms with van der Waals surface area (Å²) in [6, 6.07) is 29.1. The lowest BCUT2D eigenvalue weighted by Crippen LogP contribution is -2.13. The van der Waals surface area contributed by atoms with E-state index < -0.39 is 0 Å². The molecule has 7 heteroatoms. The van der Waals surface area contributed by atoms with E-state index in [1.54, 1.807) is 72.8 Å². The van der Waals surface area contributed by atoms with Crippen molar-refractivity contribution in [3.8, 4) is 11.5 Å². The summed E-state index contributed by atoms with van der Waals surface area (Å²) < 4.78 is 5.90. The minimum Gasteiger partial charge on any atom is -0.457 e. The van der Waals surface area contributed by atoms with Crippen LogP contribution in [0.1, 0.15) is 20.7 Å². The molecule has 0 fully saturated rings. The average molecular weight is 495 g/mol. The van der Waals surface area contributed by atoms with Crippen LogP contribution in [0.25, 0.3) is 0 Å². The molecule has 0 saturated carbocycles. The highest BCUT2D eigenvalue weighted by Gasteiger charge is 2.09. The van der Waals surface area contributed by atoms with Crippen molar-refractivity contribution in [2.75, 3.05) is 48.6 Å². The summed E-state index contributed by atoms with van der Waals surface area (Å²) >= 11 is 0. The number of nitrogens with one attached hydrogen (secondary N) is 2. The van der Waals surface area contributed by atoms with Crippen molar-refractivity contribution in [3.63, 3.8) is 0 Å². The van der Waals surface area contributed by atoms with Gasteiger partial charge in [-0.05, 0) is 97.1 Å². The van der Waals surface area contributed by atoms with Gasteiger partial charge in [-0.3, -0.25) is 9.59 Å². The number of nitrogens with zero attached hydrogens (tertiary/aromatic N) is 2. The number of hydrogen-bond donors (Lipinski definition) is 2. The Kier molecular flexibility index (Phi) is 7.74. The molecule has 0 spiro atoms. The molecule has 4 aromatic rings. The zero-order valence-corrected chi connectivity index (χ0v) is 21.4. The summed E-state index contributed by atoms with van der Waals surface area (Å²) in [5.74, 6) is 0.910. The van der Waals surface area contributed by atoms with E-state index in [0.29, 0.717) is 34.0 Å². The molecule has 0 atom stereocenters. The van der Waals surface area contributed by atoms with Gasteiger partial charge in [-0.2, -0.15) is 0 Å². The largest absolute Gasteiger partial charge is 0.457 e. The Morgan fingerprint density at radius 1 is 0.514 bits per heavy atom. The third-order valence-corrected chi connectivity index (χ3v) is 5.75. The zero-order valence-electron chi connectivity index (χ0n) is 21.4. The number of benzene rings is 4. The first kappa shape index (κ1) is 25.3. The number of anilines is 4. The fourth-order valence-electron chi connectivity index (χ4n) is 3.58. The molecule has 0 radical (unpaired) electrons. The van der Waals surface area contributed by atoms with Gasteiger partial charge >= 0.3 is 0 Å². The van der Waals surface area contributed by atoms with Gasteiger partial charge in [0, 0.05) is 62.1 Å². The molecule has 0 aliphatic heterocycles. The molecule has 0 aliphatic rings. The summed E-state index contributed by atoms with van der Waals surface area (Å²) in [6.07, 6.45) is 0. The summed E-state index contributed by atoms with van der Waals surface area (Å²) in [5.41, 5.74) is 4.58. The van der Waals surface area contributed by atoms with Crippen molar-refractivity contribution in [2.45, 2.75) is 0 Å². The highest BCUT2D eigenvalue weighted by Crippen LogP contribution is 2.25. The Bertz CT molecular complexity index is 1240. The summed E-state index contributed by atoms with van der Waals surface area (Å²) in [4.78, 5) is 29.0. The van der Waals surface area contributed by atoms with E-state index in [1.807, 2.05) is 62.3 Å². The van der Waals surface area contributed by atoms with Gasteiger partial charge in [0.25, 0.3) is 11.8 Å².